The molecular formula is C29H33NO6S. The Bertz CT molecular complexity index is 1490. The average Bonchev–Trinajstić information content (AvgIpc) is 3.22. The molecule has 0 saturated carbocycles. The zero-order valence-corrected chi connectivity index (χ0v) is 22.3. The molecule has 0 amide bonds. The number of anilines is 1. The maximum atomic E-state index is 13.3. The number of hydrogen-bond donors (Lipinski definition) is 1. The smallest absolute Gasteiger partial charge is 0.342 e. The van der Waals surface area contributed by atoms with E-state index in [4.69, 9.17) is 13.9 Å². The van der Waals surface area contributed by atoms with Crippen molar-refractivity contribution in [3.05, 3.63) is 65.9 Å². The molecule has 0 aliphatic rings. The van der Waals surface area contributed by atoms with Crippen LogP contribution in [0, 0.1) is 6.92 Å². The van der Waals surface area contributed by atoms with E-state index >= 15 is 0 Å². The van der Waals surface area contributed by atoms with Gasteiger partial charge in [0.2, 0.25) is 0 Å². The summed E-state index contributed by atoms with van der Waals surface area (Å²) in [4.78, 5) is 13.1. The number of carbonyl (C=O) groups is 1. The maximum Gasteiger partial charge on any atom is 0.342 e. The third kappa shape index (κ3) is 5.91. The summed E-state index contributed by atoms with van der Waals surface area (Å²) in [5, 5.41) is 1.87. The Kier molecular flexibility index (Phi) is 8.38. The van der Waals surface area contributed by atoms with E-state index in [9.17, 15) is 13.2 Å². The minimum atomic E-state index is -3.91. The van der Waals surface area contributed by atoms with Gasteiger partial charge >= 0.3 is 5.97 Å². The van der Waals surface area contributed by atoms with Crippen LogP contribution >= 0.6 is 0 Å². The van der Waals surface area contributed by atoms with Crippen molar-refractivity contribution in [2.24, 2.45) is 0 Å². The van der Waals surface area contributed by atoms with Gasteiger partial charge < -0.3 is 13.9 Å². The van der Waals surface area contributed by atoms with Crippen molar-refractivity contribution in [3.63, 3.8) is 0 Å². The number of ether oxygens (including phenoxy) is 2. The number of benzene rings is 3. The van der Waals surface area contributed by atoms with Crippen LogP contribution in [0.1, 0.15) is 62.1 Å². The van der Waals surface area contributed by atoms with Gasteiger partial charge in [-0.15, -0.1) is 0 Å². The first-order valence-electron chi connectivity index (χ1n) is 12.7. The second-order valence-electron chi connectivity index (χ2n) is 8.94. The highest BCUT2D eigenvalue weighted by molar-refractivity contribution is 7.92. The van der Waals surface area contributed by atoms with Gasteiger partial charge in [-0.1, -0.05) is 56.9 Å². The van der Waals surface area contributed by atoms with Crippen LogP contribution in [0.3, 0.4) is 0 Å². The van der Waals surface area contributed by atoms with Gasteiger partial charge in [-0.3, -0.25) is 4.72 Å². The maximum absolute atomic E-state index is 13.3. The van der Waals surface area contributed by atoms with E-state index in [0.29, 0.717) is 57.7 Å². The second kappa shape index (κ2) is 11.7. The molecule has 0 bridgehead atoms. The minimum absolute atomic E-state index is 0.103. The molecule has 37 heavy (non-hydrogen) atoms. The number of furan rings is 1. The lowest BCUT2D eigenvalue weighted by molar-refractivity contribution is 0.0497. The number of sulfonamides is 1. The molecule has 0 spiro atoms. The molecule has 0 aliphatic heterocycles. The van der Waals surface area contributed by atoms with Gasteiger partial charge in [-0.2, -0.15) is 0 Å². The predicted molar refractivity (Wildman–Crippen MR) is 146 cm³/mol. The Morgan fingerprint density at radius 1 is 0.919 bits per heavy atom. The summed E-state index contributed by atoms with van der Waals surface area (Å²) in [5.41, 5.74) is 1.19. The quantitative estimate of drug-likeness (QED) is 0.156. The number of fused-ring (bicyclic) bond motifs is 3. The SMILES string of the molecule is CCCCCCCOC(=O)c1c(C)oc2c1cc(NS(=O)(=O)c1ccc(OCC)cc1)c1ccccc12. The second-order valence-corrected chi connectivity index (χ2v) is 10.6. The number of esters is 1. The molecular weight excluding hydrogens is 490 g/mol. The number of rotatable bonds is 12. The van der Waals surface area contributed by atoms with Crippen LogP contribution in [-0.2, 0) is 14.8 Å². The molecule has 1 N–H and O–H groups in total. The van der Waals surface area contributed by atoms with Gasteiger partial charge in [0.15, 0.2) is 0 Å². The Hall–Kier alpha value is -3.52. The number of carbonyl (C=O) groups excluding carboxylic acids is 1. The first-order chi connectivity index (χ1) is 17.9. The Balaban J connectivity index is 1.68. The topological polar surface area (TPSA) is 94.8 Å². The monoisotopic (exact) mass is 523 g/mol. The lowest BCUT2D eigenvalue weighted by atomic mass is 10.0. The lowest BCUT2D eigenvalue weighted by Crippen LogP contribution is -2.13. The van der Waals surface area contributed by atoms with Crippen LogP contribution in [0.15, 0.2) is 63.9 Å². The van der Waals surface area contributed by atoms with Crippen LogP contribution < -0.4 is 9.46 Å². The zero-order valence-electron chi connectivity index (χ0n) is 21.5. The summed E-state index contributed by atoms with van der Waals surface area (Å²) >= 11 is 0. The van der Waals surface area contributed by atoms with Crippen molar-refractivity contribution < 1.29 is 27.1 Å². The standard InChI is InChI=1S/C29H33NO6S/c1-4-6-7-8-11-18-35-29(31)27-20(3)36-28-24-13-10-9-12-23(24)26(19-25(27)28)30-37(32,33)22-16-14-21(15-17-22)34-5-2/h9-10,12-17,19,30H,4-8,11,18H2,1-3H3. The van der Waals surface area contributed by atoms with Crippen molar-refractivity contribution in [2.75, 3.05) is 17.9 Å². The molecule has 0 unspecified atom stereocenters. The molecule has 0 aliphatic carbocycles. The van der Waals surface area contributed by atoms with E-state index < -0.39 is 16.0 Å². The van der Waals surface area contributed by atoms with E-state index in [0.717, 1.165) is 25.7 Å². The van der Waals surface area contributed by atoms with Crippen molar-refractivity contribution >= 4 is 43.4 Å². The summed E-state index contributed by atoms with van der Waals surface area (Å²) in [6.45, 7) is 6.56. The molecule has 196 valence electrons. The van der Waals surface area contributed by atoms with Crippen LogP contribution in [0.2, 0.25) is 0 Å². The summed E-state index contributed by atoms with van der Waals surface area (Å²) in [7, 11) is -3.91. The molecule has 1 heterocycles. The van der Waals surface area contributed by atoms with Crippen LogP contribution in [0.4, 0.5) is 5.69 Å². The fourth-order valence-corrected chi connectivity index (χ4v) is 5.47. The molecule has 4 aromatic rings. The van der Waals surface area contributed by atoms with Crippen LogP contribution in [0.5, 0.6) is 5.75 Å². The Morgan fingerprint density at radius 2 is 1.62 bits per heavy atom. The van der Waals surface area contributed by atoms with E-state index in [-0.39, 0.29) is 4.90 Å². The molecule has 0 fully saturated rings. The van der Waals surface area contributed by atoms with Gasteiger partial charge in [0.05, 0.1) is 23.8 Å². The van der Waals surface area contributed by atoms with Crippen molar-refractivity contribution in [3.8, 4) is 5.75 Å². The average molecular weight is 524 g/mol. The van der Waals surface area contributed by atoms with Gasteiger partial charge in [0.25, 0.3) is 10.0 Å². The van der Waals surface area contributed by atoms with Crippen LogP contribution in [0.25, 0.3) is 21.7 Å². The fraction of sp³-hybridized carbons (Fsp3) is 0.345. The first-order valence-corrected chi connectivity index (χ1v) is 14.2. The lowest BCUT2D eigenvalue weighted by Gasteiger charge is -2.12. The van der Waals surface area contributed by atoms with Gasteiger partial charge in [-0.05, 0) is 50.6 Å². The van der Waals surface area contributed by atoms with E-state index in [1.54, 1.807) is 25.1 Å². The van der Waals surface area contributed by atoms with Gasteiger partial charge in [0, 0.05) is 16.2 Å². The van der Waals surface area contributed by atoms with Gasteiger partial charge in [-0.25, -0.2) is 13.2 Å². The number of unbranched alkanes of at least 4 members (excludes halogenated alkanes) is 4. The highest BCUT2D eigenvalue weighted by atomic mass is 32.2. The largest absolute Gasteiger partial charge is 0.494 e. The first kappa shape index (κ1) is 26.5. The summed E-state index contributed by atoms with van der Waals surface area (Å²) < 4.78 is 46.2. The van der Waals surface area contributed by atoms with Crippen molar-refractivity contribution in [2.45, 2.75) is 57.8 Å². The van der Waals surface area contributed by atoms with E-state index in [1.165, 1.54) is 18.6 Å². The molecule has 8 heteroatoms. The normalized spacial score (nSPS) is 11.6. The highest BCUT2D eigenvalue weighted by Gasteiger charge is 2.24. The molecule has 3 aromatic carbocycles. The van der Waals surface area contributed by atoms with Crippen LogP contribution in [-0.4, -0.2) is 27.6 Å². The molecule has 7 nitrogen and oxygen atoms in total. The number of aryl methyl sites for hydroxylation is 1. The predicted octanol–water partition coefficient (Wildman–Crippen LogP) is 7.22. The highest BCUT2D eigenvalue weighted by Crippen LogP contribution is 2.37. The number of hydrogen-bond acceptors (Lipinski definition) is 6. The number of nitrogens with one attached hydrogen (secondary N) is 1. The van der Waals surface area contributed by atoms with Gasteiger partial charge in [0.1, 0.15) is 22.7 Å². The Morgan fingerprint density at radius 3 is 2.32 bits per heavy atom. The third-order valence-electron chi connectivity index (χ3n) is 6.25. The van der Waals surface area contributed by atoms with Crippen molar-refractivity contribution in [1.82, 2.24) is 0 Å². The minimum Gasteiger partial charge on any atom is -0.494 e. The molecule has 0 radical (unpaired) electrons. The Labute approximate surface area is 217 Å². The van der Waals surface area contributed by atoms with E-state index in [2.05, 4.69) is 11.6 Å². The fourth-order valence-electron chi connectivity index (χ4n) is 4.40. The summed E-state index contributed by atoms with van der Waals surface area (Å²) in [5.74, 6) is 0.556. The molecule has 1 aromatic heterocycles. The summed E-state index contributed by atoms with van der Waals surface area (Å²) in [6, 6.07) is 15.2. The van der Waals surface area contributed by atoms with Crippen molar-refractivity contribution in [1.29, 1.82) is 0 Å². The molecule has 4 rings (SSSR count). The zero-order chi connectivity index (χ0) is 26.4. The third-order valence-corrected chi connectivity index (χ3v) is 7.63. The summed E-state index contributed by atoms with van der Waals surface area (Å²) in [6.07, 6.45) is 5.25. The van der Waals surface area contributed by atoms with E-state index in [1.807, 2.05) is 31.2 Å². The molecule has 0 atom stereocenters. The molecule has 0 saturated heterocycles.